The molecule has 4 saturated carbocycles. The topological polar surface area (TPSA) is 89.9 Å². The number of fused-ring (bicyclic) bond motifs is 7. The number of hydrogen-bond acceptors (Lipinski definition) is 5. The number of ether oxygens (including phenoxy) is 2. The van der Waals surface area contributed by atoms with E-state index >= 15 is 0 Å². The van der Waals surface area contributed by atoms with E-state index in [1.165, 1.54) is 5.57 Å². The number of aliphatic carboxylic acids is 1. The van der Waals surface area contributed by atoms with E-state index in [0.717, 1.165) is 50.1 Å². The Bertz CT molecular complexity index is 1580. The molecule has 7 heteroatoms. The SMILES string of the molecule is CC1(C)[C@H]2CC[C@]3(C)[C@H](C(=O)C=C4[C@@H]5C[C@@](C)(C(=O)OCc6ccccc6)CC[C@]5(C)CC[C@]43C)[C@@]2(C)CC[C@]1(COCC[Si](C)(C)C)C(=O)O. The summed E-state index contributed by atoms with van der Waals surface area (Å²) in [7, 11) is -1.31. The van der Waals surface area contributed by atoms with Crippen molar-refractivity contribution in [1.82, 2.24) is 0 Å². The Morgan fingerprint density at radius 1 is 0.882 bits per heavy atom. The second-order valence-corrected chi connectivity index (χ2v) is 26.4. The highest BCUT2D eigenvalue weighted by Gasteiger charge is 2.73. The first-order valence-electron chi connectivity index (χ1n) is 19.9. The molecule has 0 amide bonds. The van der Waals surface area contributed by atoms with E-state index in [9.17, 15) is 19.5 Å². The van der Waals surface area contributed by atoms with Gasteiger partial charge in [0.15, 0.2) is 5.78 Å². The first-order chi connectivity index (χ1) is 23.6. The van der Waals surface area contributed by atoms with Crippen LogP contribution in [0.3, 0.4) is 0 Å². The molecule has 51 heavy (non-hydrogen) atoms. The lowest BCUT2D eigenvalue weighted by molar-refractivity contribution is -0.224. The Morgan fingerprint density at radius 2 is 1.55 bits per heavy atom. The average molecular weight is 719 g/mol. The predicted octanol–water partition coefficient (Wildman–Crippen LogP) is 10.1. The molecule has 5 aliphatic rings. The normalized spacial score (nSPS) is 41.6. The molecule has 0 aromatic heterocycles. The minimum atomic E-state index is -1.31. The first kappa shape index (κ1) is 38.5. The number of benzene rings is 1. The second kappa shape index (κ2) is 12.7. The molecule has 5 aliphatic carbocycles. The highest BCUT2D eigenvalue weighted by Crippen LogP contribution is 2.76. The fraction of sp³-hybridized carbons (Fsp3) is 0.750. The molecule has 9 atom stereocenters. The summed E-state index contributed by atoms with van der Waals surface area (Å²) in [4.78, 5) is 42.0. The molecule has 1 N–H and O–H groups in total. The fourth-order valence-electron chi connectivity index (χ4n) is 12.6. The van der Waals surface area contributed by atoms with Crippen LogP contribution in [0.1, 0.15) is 112 Å². The van der Waals surface area contributed by atoms with Gasteiger partial charge in [0.2, 0.25) is 0 Å². The van der Waals surface area contributed by atoms with Gasteiger partial charge in [-0.25, -0.2) is 0 Å². The monoisotopic (exact) mass is 718 g/mol. The summed E-state index contributed by atoms with van der Waals surface area (Å²) in [5.41, 5.74) is -0.587. The van der Waals surface area contributed by atoms with Crippen LogP contribution in [-0.2, 0) is 30.5 Å². The lowest BCUT2D eigenvalue weighted by Crippen LogP contribution is -2.68. The molecule has 1 aromatic carbocycles. The minimum absolute atomic E-state index is 0.0402. The number of rotatable bonds is 9. The Labute approximate surface area is 308 Å². The van der Waals surface area contributed by atoms with Crippen molar-refractivity contribution < 1.29 is 29.0 Å². The maximum Gasteiger partial charge on any atom is 0.312 e. The van der Waals surface area contributed by atoms with Crippen molar-refractivity contribution in [2.24, 2.45) is 55.7 Å². The first-order valence-corrected chi connectivity index (χ1v) is 23.6. The second-order valence-electron chi connectivity index (χ2n) is 20.8. The van der Waals surface area contributed by atoms with Crippen LogP contribution in [-0.4, -0.2) is 44.1 Å². The van der Waals surface area contributed by atoms with Gasteiger partial charge in [0.1, 0.15) is 6.61 Å². The molecular formula is C44H66O6Si. The van der Waals surface area contributed by atoms with Gasteiger partial charge in [-0.1, -0.05) is 97.1 Å². The van der Waals surface area contributed by atoms with Crippen LogP contribution in [0.25, 0.3) is 0 Å². The molecule has 0 bridgehead atoms. The van der Waals surface area contributed by atoms with Gasteiger partial charge in [-0.05, 0) is 121 Å². The summed E-state index contributed by atoms with van der Waals surface area (Å²) in [6.45, 7) is 24.0. The van der Waals surface area contributed by atoms with E-state index in [2.05, 4.69) is 74.2 Å². The zero-order valence-corrected chi connectivity index (χ0v) is 34.4. The van der Waals surface area contributed by atoms with Crippen LogP contribution < -0.4 is 0 Å². The van der Waals surface area contributed by atoms with E-state index < -0.39 is 30.3 Å². The van der Waals surface area contributed by atoms with E-state index in [4.69, 9.17) is 9.47 Å². The summed E-state index contributed by atoms with van der Waals surface area (Å²) >= 11 is 0. The molecule has 0 spiro atoms. The van der Waals surface area contributed by atoms with Gasteiger partial charge in [-0.15, -0.1) is 0 Å². The highest BCUT2D eigenvalue weighted by molar-refractivity contribution is 6.76. The van der Waals surface area contributed by atoms with Gasteiger partial charge in [-0.3, -0.25) is 14.4 Å². The Hall–Kier alpha value is -2.25. The van der Waals surface area contributed by atoms with E-state index in [-0.39, 0.29) is 64.4 Å². The van der Waals surface area contributed by atoms with E-state index in [1.54, 1.807) is 0 Å². The van der Waals surface area contributed by atoms with Crippen molar-refractivity contribution in [3.63, 3.8) is 0 Å². The summed E-state index contributed by atoms with van der Waals surface area (Å²) in [5.74, 6) is -0.605. The van der Waals surface area contributed by atoms with Gasteiger partial charge in [0.05, 0.1) is 17.4 Å². The summed E-state index contributed by atoms with van der Waals surface area (Å²) in [6, 6.07) is 10.9. The molecule has 0 saturated heterocycles. The van der Waals surface area contributed by atoms with Gasteiger partial charge in [0, 0.05) is 20.6 Å². The average Bonchev–Trinajstić information content (AvgIpc) is 3.04. The molecule has 0 radical (unpaired) electrons. The summed E-state index contributed by atoms with van der Waals surface area (Å²) in [6.07, 6.45) is 9.65. The number of carbonyl (C=O) groups is 3. The van der Waals surface area contributed by atoms with Crippen LogP contribution in [0.4, 0.5) is 0 Å². The van der Waals surface area contributed by atoms with Crippen molar-refractivity contribution in [3.05, 3.63) is 47.5 Å². The molecule has 4 fully saturated rings. The molecule has 6 nitrogen and oxygen atoms in total. The van der Waals surface area contributed by atoms with E-state index in [0.29, 0.717) is 25.9 Å². The van der Waals surface area contributed by atoms with Crippen molar-refractivity contribution in [2.75, 3.05) is 13.2 Å². The van der Waals surface area contributed by atoms with Crippen LogP contribution in [0, 0.1) is 55.7 Å². The predicted molar refractivity (Wildman–Crippen MR) is 205 cm³/mol. The molecular weight excluding hydrogens is 653 g/mol. The van der Waals surface area contributed by atoms with Crippen molar-refractivity contribution in [3.8, 4) is 0 Å². The number of carbonyl (C=O) groups excluding carboxylic acids is 2. The molecule has 0 heterocycles. The molecule has 282 valence electrons. The number of ketones is 1. The fourth-order valence-corrected chi connectivity index (χ4v) is 13.4. The van der Waals surface area contributed by atoms with Crippen LogP contribution in [0.2, 0.25) is 25.7 Å². The van der Waals surface area contributed by atoms with Crippen LogP contribution in [0.5, 0.6) is 0 Å². The third-order valence-corrected chi connectivity index (χ3v) is 18.2. The standard InChI is InChI=1S/C44H66O6Si/c1-38(2)34-16-17-43(7)35(41(34,5)21-23-44(38,36(46)47)29-49-24-25-51(8,9)10)33(45)26-31-32-27-40(4,19-18-39(32,3)20-22-42(31,43)6)37(48)50-28-30-14-12-11-13-15-30/h11-15,26,32,34-35H,16-25,27-29H2,1-10H3,(H,46,47)/t32-,34+,35+,39+,40-,41-,42+,43+,44-/m0/s1. The smallest absolute Gasteiger partial charge is 0.312 e. The number of hydrogen-bond donors (Lipinski definition) is 1. The Kier molecular flexibility index (Phi) is 9.56. The molecule has 6 rings (SSSR count). The van der Waals surface area contributed by atoms with E-state index in [1.807, 2.05) is 30.3 Å². The molecule has 0 unspecified atom stereocenters. The largest absolute Gasteiger partial charge is 0.481 e. The molecule has 0 aliphatic heterocycles. The number of allylic oxidation sites excluding steroid dienone is 2. The van der Waals surface area contributed by atoms with Crippen LogP contribution in [0.15, 0.2) is 42.0 Å². The number of carboxylic acids is 1. The number of esters is 1. The van der Waals surface area contributed by atoms with Crippen LogP contribution >= 0.6 is 0 Å². The van der Waals surface area contributed by atoms with Crippen molar-refractivity contribution in [2.45, 2.75) is 139 Å². The Balaban J connectivity index is 1.30. The third kappa shape index (κ3) is 5.94. The van der Waals surface area contributed by atoms with Gasteiger partial charge in [-0.2, -0.15) is 0 Å². The summed E-state index contributed by atoms with van der Waals surface area (Å²) < 4.78 is 12.2. The van der Waals surface area contributed by atoms with Gasteiger partial charge >= 0.3 is 11.9 Å². The summed E-state index contributed by atoms with van der Waals surface area (Å²) in [5, 5.41) is 10.9. The maximum absolute atomic E-state index is 14.9. The van der Waals surface area contributed by atoms with Gasteiger partial charge < -0.3 is 14.6 Å². The maximum atomic E-state index is 14.9. The lowest BCUT2D eigenvalue weighted by atomic mass is 9.32. The third-order valence-electron chi connectivity index (χ3n) is 16.5. The highest BCUT2D eigenvalue weighted by atomic mass is 28.3. The van der Waals surface area contributed by atoms with Gasteiger partial charge in [0.25, 0.3) is 0 Å². The zero-order chi connectivity index (χ0) is 37.5. The zero-order valence-electron chi connectivity index (χ0n) is 33.4. The lowest BCUT2D eigenvalue weighted by Gasteiger charge is -2.71. The van der Waals surface area contributed by atoms with Crippen molar-refractivity contribution in [1.29, 1.82) is 0 Å². The quantitative estimate of drug-likeness (QED) is 0.155. The minimum Gasteiger partial charge on any atom is -0.481 e. The Morgan fingerprint density at radius 3 is 2.20 bits per heavy atom. The van der Waals surface area contributed by atoms with Crippen molar-refractivity contribution >= 4 is 25.8 Å². The number of carboxylic acid groups (broad SMARTS) is 1. The molecule has 1 aromatic rings.